The summed E-state index contributed by atoms with van der Waals surface area (Å²) in [6.45, 7) is 3.46. The summed E-state index contributed by atoms with van der Waals surface area (Å²) in [5.41, 5.74) is 6.26. The largest absolute Gasteiger partial charge is 0.397 e. The van der Waals surface area contributed by atoms with Crippen molar-refractivity contribution in [3.63, 3.8) is 0 Å². The first-order valence-electron chi connectivity index (χ1n) is 5.00. The van der Waals surface area contributed by atoms with Gasteiger partial charge in [-0.15, -0.1) is 0 Å². The molecule has 0 aliphatic carbocycles. The number of benzene rings is 1. The summed E-state index contributed by atoms with van der Waals surface area (Å²) < 4.78 is 15.4. The van der Waals surface area contributed by atoms with Crippen LogP contribution in [0.5, 0.6) is 0 Å². The Morgan fingerprint density at radius 1 is 1.33 bits per heavy atom. The van der Waals surface area contributed by atoms with Crippen LogP contribution in [-0.4, -0.2) is 10.2 Å². The Labute approximate surface area is 88.5 Å². The van der Waals surface area contributed by atoms with Crippen LogP contribution in [0.2, 0.25) is 0 Å². The molecule has 2 aromatic rings. The molecule has 3 heteroatoms. The first-order chi connectivity index (χ1) is 6.97. The maximum Gasteiger partial charge on any atom is 0.123 e. The van der Waals surface area contributed by atoms with E-state index in [4.69, 9.17) is 5.73 Å². The van der Waals surface area contributed by atoms with Crippen molar-refractivity contribution in [2.24, 2.45) is 0 Å². The van der Waals surface area contributed by atoms with E-state index in [0.29, 0.717) is 12.2 Å². The van der Waals surface area contributed by atoms with E-state index in [0.717, 1.165) is 10.9 Å². The molecule has 0 saturated heterocycles. The first-order valence-corrected chi connectivity index (χ1v) is 5.00. The minimum absolute atomic E-state index is 0.324. The van der Waals surface area contributed by atoms with E-state index < -0.39 is 5.67 Å². The standard InChI is InChI=1S/C12H15FN2/c1-12(2,13)8-15-7-6-9-4-3-5-10(14)11(9)15/h3-7H,8,14H2,1-2H3. The Morgan fingerprint density at radius 3 is 2.73 bits per heavy atom. The normalized spacial score (nSPS) is 12.2. The number of rotatable bonds is 2. The van der Waals surface area contributed by atoms with Crippen LogP contribution in [0.4, 0.5) is 10.1 Å². The number of nitrogens with two attached hydrogens (primary N) is 1. The summed E-state index contributed by atoms with van der Waals surface area (Å²) in [5.74, 6) is 0. The highest BCUT2D eigenvalue weighted by molar-refractivity contribution is 5.90. The van der Waals surface area contributed by atoms with Gasteiger partial charge < -0.3 is 10.3 Å². The molecule has 15 heavy (non-hydrogen) atoms. The van der Waals surface area contributed by atoms with Crippen molar-refractivity contribution in [3.05, 3.63) is 30.5 Å². The molecule has 0 aliphatic heterocycles. The van der Waals surface area contributed by atoms with Gasteiger partial charge in [-0.2, -0.15) is 0 Å². The lowest BCUT2D eigenvalue weighted by Crippen LogP contribution is -2.20. The summed E-state index contributed by atoms with van der Waals surface area (Å²) in [5, 5.41) is 1.05. The van der Waals surface area contributed by atoms with Gasteiger partial charge in [0.25, 0.3) is 0 Å². The fourth-order valence-corrected chi connectivity index (χ4v) is 1.83. The molecule has 0 aliphatic rings. The van der Waals surface area contributed by atoms with E-state index >= 15 is 0 Å². The Morgan fingerprint density at radius 2 is 2.07 bits per heavy atom. The number of nitrogen functional groups attached to an aromatic ring is 1. The third kappa shape index (κ3) is 1.96. The van der Waals surface area contributed by atoms with Crippen LogP contribution >= 0.6 is 0 Å². The Balaban J connectivity index is 2.53. The SMILES string of the molecule is CC(C)(F)Cn1ccc2cccc(N)c21. The van der Waals surface area contributed by atoms with Gasteiger partial charge in [-0.05, 0) is 26.0 Å². The topological polar surface area (TPSA) is 30.9 Å². The number of hydrogen-bond acceptors (Lipinski definition) is 1. The molecule has 2 N–H and O–H groups in total. The average molecular weight is 206 g/mol. The van der Waals surface area contributed by atoms with Crippen LogP contribution in [0, 0.1) is 0 Å². The van der Waals surface area contributed by atoms with E-state index in [1.54, 1.807) is 13.8 Å². The summed E-state index contributed by atoms with van der Waals surface area (Å²) >= 11 is 0. The molecule has 0 radical (unpaired) electrons. The second-order valence-corrected chi connectivity index (χ2v) is 4.45. The van der Waals surface area contributed by atoms with E-state index in [2.05, 4.69) is 0 Å². The van der Waals surface area contributed by atoms with E-state index in [1.165, 1.54) is 0 Å². The molecule has 2 nitrogen and oxygen atoms in total. The zero-order valence-electron chi connectivity index (χ0n) is 9.00. The molecule has 0 unspecified atom stereocenters. The predicted octanol–water partition coefficient (Wildman–Crippen LogP) is 2.97. The van der Waals surface area contributed by atoms with Crippen molar-refractivity contribution >= 4 is 16.6 Å². The highest BCUT2D eigenvalue weighted by Gasteiger charge is 2.17. The quantitative estimate of drug-likeness (QED) is 0.752. The Hall–Kier alpha value is -1.51. The van der Waals surface area contributed by atoms with Crippen LogP contribution in [-0.2, 0) is 6.54 Å². The van der Waals surface area contributed by atoms with Gasteiger partial charge in [0.1, 0.15) is 5.67 Å². The summed E-state index contributed by atoms with van der Waals surface area (Å²) in [4.78, 5) is 0. The number of aromatic nitrogens is 1. The van der Waals surface area contributed by atoms with E-state index in [1.807, 2.05) is 35.0 Å². The number of fused-ring (bicyclic) bond motifs is 1. The molecule has 80 valence electrons. The fourth-order valence-electron chi connectivity index (χ4n) is 1.83. The average Bonchev–Trinajstić information content (AvgIpc) is 2.47. The number of hydrogen-bond donors (Lipinski definition) is 1. The van der Waals surface area contributed by atoms with Crippen molar-refractivity contribution in [3.8, 4) is 0 Å². The van der Waals surface area contributed by atoms with Crippen LogP contribution in [0.15, 0.2) is 30.5 Å². The van der Waals surface area contributed by atoms with Gasteiger partial charge in [-0.25, -0.2) is 4.39 Å². The van der Waals surface area contributed by atoms with Crippen molar-refractivity contribution in [1.29, 1.82) is 0 Å². The number of anilines is 1. The van der Waals surface area contributed by atoms with Gasteiger partial charge in [0, 0.05) is 11.6 Å². The van der Waals surface area contributed by atoms with Gasteiger partial charge >= 0.3 is 0 Å². The lowest BCUT2D eigenvalue weighted by molar-refractivity contribution is 0.189. The van der Waals surface area contributed by atoms with Gasteiger partial charge in [0.05, 0.1) is 17.7 Å². The minimum atomic E-state index is -1.23. The second kappa shape index (κ2) is 3.26. The molecule has 0 saturated carbocycles. The molecule has 2 rings (SSSR count). The fraction of sp³-hybridized carbons (Fsp3) is 0.333. The zero-order chi connectivity index (χ0) is 11.1. The first kappa shape index (κ1) is 10.0. The number of alkyl halides is 1. The van der Waals surface area contributed by atoms with Gasteiger partial charge in [0.15, 0.2) is 0 Å². The monoisotopic (exact) mass is 206 g/mol. The molecule has 0 amide bonds. The smallest absolute Gasteiger partial charge is 0.123 e. The molecule has 0 bridgehead atoms. The van der Waals surface area contributed by atoms with Gasteiger partial charge in [-0.1, -0.05) is 12.1 Å². The molecular formula is C12H15FN2. The van der Waals surface area contributed by atoms with Crippen molar-refractivity contribution in [2.45, 2.75) is 26.1 Å². The van der Waals surface area contributed by atoms with Crippen molar-refractivity contribution < 1.29 is 4.39 Å². The van der Waals surface area contributed by atoms with Crippen LogP contribution in [0.3, 0.4) is 0 Å². The van der Waals surface area contributed by atoms with Gasteiger partial charge in [-0.3, -0.25) is 0 Å². The second-order valence-electron chi connectivity index (χ2n) is 4.45. The summed E-state index contributed by atoms with van der Waals surface area (Å²) in [6, 6.07) is 7.68. The molecule has 1 aromatic carbocycles. The molecule has 0 spiro atoms. The Bertz CT molecular complexity index is 480. The maximum atomic E-state index is 13.6. The highest BCUT2D eigenvalue weighted by atomic mass is 19.1. The van der Waals surface area contributed by atoms with Crippen LogP contribution < -0.4 is 5.73 Å². The third-order valence-electron chi connectivity index (χ3n) is 2.37. The van der Waals surface area contributed by atoms with Crippen LogP contribution in [0.1, 0.15) is 13.8 Å². The van der Waals surface area contributed by atoms with E-state index in [9.17, 15) is 4.39 Å². The Kier molecular flexibility index (Phi) is 2.18. The minimum Gasteiger partial charge on any atom is -0.397 e. The molecule has 1 aromatic heterocycles. The lowest BCUT2D eigenvalue weighted by Gasteiger charge is -2.16. The molecular weight excluding hydrogens is 191 g/mol. The predicted molar refractivity (Wildman–Crippen MR) is 61.5 cm³/mol. The van der Waals surface area contributed by atoms with Crippen molar-refractivity contribution in [2.75, 3.05) is 5.73 Å². The number of nitrogens with zero attached hydrogens (tertiary/aromatic N) is 1. The van der Waals surface area contributed by atoms with Crippen molar-refractivity contribution in [1.82, 2.24) is 4.57 Å². The van der Waals surface area contributed by atoms with Crippen LogP contribution in [0.25, 0.3) is 10.9 Å². The molecule has 0 fully saturated rings. The zero-order valence-corrected chi connectivity index (χ0v) is 9.00. The molecule has 1 heterocycles. The summed E-state index contributed by atoms with van der Waals surface area (Å²) in [6.07, 6.45) is 1.88. The third-order valence-corrected chi connectivity index (χ3v) is 2.37. The van der Waals surface area contributed by atoms with Gasteiger partial charge in [0.2, 0.25) is 0 Å². The molecule has 0 atom stereocenters. The number of halogens is 1. The lowest BCUT2D eigenvalue weighted by atomic mass is 10.1. The number of para-hydroxylation sites is 1. The highest BCUT2D eigenvalue weighted by Crippen LogP contribution is 2.24. The summed E-state index contributed by atoms with van der Waals surface area (Å²) in [7, 11) is 0. The maximum absolute atomic E-state index is 13.6. The van der Waals surface area contributed by atoms with E-state index in [-0.39, 0.29) is 0 Å².